The first-order valence-electron chi connectivity index (χ1n) is 7.52. The van der Waals surface area contributed by atoms with Gasteiger partial charge in [-0.15, -0.1) is 0 Å². The first-order valence-corrected chi connectivity index (χ1v) is 7.52. The topological polar surface area (TPSA) is 65.0 Å². The van der Waals surface area contributed by atoms with E-state index < -0.39 is 17.6 Å². The van der Waals surface area contributed by atoms with Crippen LogP contribution in [0.4, 0.5) is 0 Å². The number of rotatable bonds is 4. The lowest BCUT2D eigenvalue weighted by Gasteiger charge is -2.22. The number of hydrogen-bond acceptors (Lipinski definition) is 5. The van der Waals surface area contributed by atoms with Gasteiger partial charge in [0, 0.05) is 6.21 Å². The van der Waals surface area contributed by atoms with E-state index in [-0.39, 0.29) is 12.6 Å². The third kappa shape index (κ3) is 5.36. The number of carbonyl (C=O) groups excluding carboxylic acids is 2. The van der Waals surface area contributed by atoms with Crippen LogP contribution in [-0.4, -0.2) is 29.8 Å². The second-order valence-electron chi connectivity index (χ2n) is 6.28. The Bertz CT molecular complexity index is 626. The summed E-state index contributed by atoms with van der Waals surface area (Å²) in [7, 11) is 0. The Hall–Kier alpha value is -2.43. The molecule has 5 heteroatoms. The molecule has 1 aliphatic heterocycles. The van der Waals surface area contributed by atoms with Crippen LogP contribution in [0.5, 0.6) is 0 Å². The van der Waals surface area contributed by atoms with Gasteiger partial charge in [0.25, 0.3) is 0 Å². The number of dihydropyridines is 1. The number of nitrogens with zero attached hydrogens (tertiary/aromatic N) is 1. The summed E-state index contributed by atoms with van der Waals surface area (Å²) in [4.78, 5) is 28.0. The number of benzene rings is 1. The quantitative estimate of drug-likeness (QED) is 0.801. The molecule has 0 saturated heterocycles. The van der Waals surface area contributed by atoms with Gasteiger partial charge >= 0.3 is 11.9 Å². The lowest BCUT2D eigenvalue weighted by Crippen LogP contribution is -2.32. The third-order valence-electron chi connectivity index (χ3n) is 3.08. The van der Waals surface area contributed by atoms with Gasteiger partial charge in [-0.25, -0.2) is 9.59 Å². The summed E-state index contributed by atoms with van der Waals surface area (Å²) in [5.41, 5.74) is 0.729. The van der Waals surface area contributed by atoms with Gasteiger partial charge in [0.15, 0.2) is 6.04 Å². The van der Waals surface area contributed by atoms with Crippen molar-refractivity contribution in [3.8, 4) is 0 Å². The van der Waals surface area contributed by atoms with E-state index in [0.717, 1.165) is 5.56 Å². The minimum absolute atomic E-state index is 0.209. The van der Waals surface area contributed by atoms with Gasteiger partial charge in [0.1, 0.15) is 12.2 Å². The molecule has 1 atom stereocenters. The molecule has 23 heavy (non-hydrogen) atoms. The maximum atomic E-state index is 12.0. The lowest BCUT2D eigenvalue weighted by molar-refractivity contribution is -0.156. The summed E-state index contributed by atoms with van der Waals surface area (Å²) < 4.78 is 10.5. The van der Waals surface area contributed by atoms with E-state index in [9.17, 15) is 9.59 Å². The zero-order valence-corrected chi connectivity index (χ0v) is 13.6. The van der Waals surface area contributed by atoms with Crippen molar-refractivity contribution in [2.24, 2.45) is 4.99 Å². The molecule has 122 valence electrons. The van der Waals surface area contributed by atoms with Crippen molar-refractivity contribution in [3.63, 3.8) is 0 Å². The average molecular weight is 315 g/mol. The first-order chi connectivity index (χ1) is 10.8. The molecule has 2 rings (SSSR count). The molecule has 0 aliphatic carbocycles. The van der Waals surface area contributed by atoms with E-state index in [1.165, 1.54) is 6.21 Å². The van der Waals surface area contributed by atoms with Crippen LogP contribution >= 0.6 is 0 Å². The van der Waals surface area contributed by atoms with Crippen molar-refractivity contribution in [1.82, 2.24) is 0 Å². The standard InChI is InChI=1S/C18H21NO4/c1-18(2,3)23-17(21)15-10-9-14(11-19-15)16(20)22-12-13-7-5-4-6-8-13/h4-9,11,15H,10,12H2,1-3H3. The van der Waals surface area contributed by atoms with E-state index in [1.807, 2.05) is 30.3 Å². The second-order valence-corrected chi connectivity index (χ2v) is 6.28. The summed E-state index contributed by atoms with van der Waals surface area (Å²) in [6.45, 7) is 5.62. The zero-order valence-electron chi connectivity index (χ0n) is 13.6. The number of aliphatic imine (C=N–C) groups is 1. The summed E-state index contributed by atoms with van der Waals surface area (Å²) in [6, 6.07) is 8.84. The Kier molecular flexibility index (Phi) is 5.32. The van der Waals surface area contributed by atoms with E-state index in [1.54, 1.807) is 26.8 Å². The van der Waals surface area contributed by atoms with Crippen LogP contribution in [0.25, 0.3) is 0 Å². The summed E-state index contributed by atoms with van der Waals surface area (Å²) in [6.07, 6.45) is 3.38. The molecule has 1 unspecified atom stereocenters. The van der Waals surface area contributed by atoms with Crippen molar-refractivity contribution >= 4 is 18.2 Å². The highest BCUT2D eigenvalue weighted by molar-refractivity contribution is 6.10. The van der Waals surface area contributed by atoms with E-state index >= 15 is 0 Å². The predicted octanol–water partition coefficient (Wildman–Crippen LogP) is 2.84. The summed E-state index contributed by atoms with van der Waals surface area (Å²) in [5, 5.41) is 0. The van der Waals surface area contributed by atoms with E-state index in [0.29, 0.717) is 12.0 Å². The summed E-state index contributed by atoms with van der Waals surface area (Å²) in [5.74, 6) is -0.832. The van der Waals surface area contributed by atoms with E-state index in [2.05, 4.69) is 4.99 Å². The van der Waals surface area contributed by atoms with Crippen molar-refractivity contribution in [2.75, 3.05) is 0 Å². The molecule has 0 spiro atoms. The molecule has 1 aliphatic rings. The highest BCUT2D eigenvalue weighted by Gasteiger charge is 2.26. The summed E-state index contributed by atoms with van der Waals surface area (Å²) >= 11 is 0. The molecule has 1 heterocycles. The van der Waals surface area contributed by atoms with Crippen LogP contribution in [0.3, 0.4) is 0 Å². The maximum Gasteiger partial charge on any atom is 0.339 e. The maximum absolute atomic E-state index is 12.0. The average Bonchev–Trinajstić information content (AvgIpc) is 2.52. The Labute approximate surface area is 136 Å². The molecule has 1 aromatic rings. The third-order valence-corrected chi connectivity index (χ3v) is 3.08. The van der Waals surface area contributed by atoms with Gasteiger partial charge in [-0.3, -0.25) is 4.99 Å². The molecule has 0 aromatic heterocycles. The molecule has 0 N–H and O–H groups in total. The molecule has 0 amide bonds. The highest BCUT2D eigenvalue weighted by atomic mass is 16.6. The first kappa shape index (κ1) is 16.9. The fourth-order valence-electron chi connectivity index (χ4n) is 1.99. The smallest absolute Gasteiger partial charge is 0.339 e. The Morgan fingerprint density at radius 2 is 1.91 bits per heavy atom. The zero-order chi connectivity index (χ0) is 16.9. The lowest BCUT2D eigenvalue weighted by atomic mass is 10.1. The Morgan fingerprint density at radius 3 is 2.48 bits per heavy atom. The molecule has 5 nitrogen and oxygen atoms in total. The minimum Gasteiger partial charge on any atom is -0.458 e. The van der Waals surface area contributed by atoms with E-state index in [4.69, 9.17) is 9.47 Å². The fourth-order valence-corrected chi connectivity index (χ4v) is 1.99. The number of carbonyl (C=O) groups is 2. The van der Waals surface area contributed by atoms with Crippen molar-refractivity contribution in [3.05, 3.63) is 47.5 Å². The van der Waals surface area contributed by atoms with Gasteiger partial charge < -0.3 is 9.47 Å². The molecule has 0 bridgehead atoms. The van der Waals surface area contributed by atoms with Crippen LogP contribution in [-0.2, 0) is 25.7 Å². The number of ether oxygens (including phenoxy) is 2. The molecule has 0 saturated carbocycles. The monoisotopic (exact) mass is 315 g/mol. The number of esters is 2. The molecule has 0 radical (unpaired) electrons. The van der Waals surface area contributed by atoms with Gasteiger partial charge in [-0.05, 0) is 32.8 Å². The molecular weight excluding hydrogens is 294 g/mol. The van der Waals surface area contributed by atoms with Gasteiger partial charge in [0.05, 0.1) is 5.57 Å². The van der Waals surface area contributed by atoms with Crippen molar-refractivity contribution in [1.29, 1.82) is 0 Å². The highest BCUT2D eigenvalue weighted by Crippen LogP contribution is 2.16. The van der Waals surface area contributed by atoms with Crippen molar-refractivity contribution < 1.29 is 19.1 Å². The fraction of sp³-hybridized carbons (Fsp3) is 0.389. The minimum atomic E-state index is -0.597. The van der Waals surface area contributed by atoms with Crippen LogP contribution in [0.2, 0.25) is 0 Å². The Morgan fingerprint density at radius 1 is 1.22 bits per heavy atom. The van der Waals surface area contributed by atoms with Gasteiger partial charge in [-0.1, -0.05) is 36.4 Å². The van der Waals surface area contributed by atoms with Crippen LogP contribution in [0, 0.1) is 0 Å². The normalized spacial score (nSPS) is 17.3. The SMILES string of the molecule is CC(C)(C)OC(=O)C1CC=C(C(=O)OCc2ccccc2)C=N1. The van der Waals surface area contributed by atoms with Crippen LogP contribution in [0.1, 0.15) is 32.8 Å². The largest absolute Gasteiger partial charge is 0.458 e. The molecule has 0 fully saturated rings. The number of hydrogen-bond donors (Lipinski definition) is 0. The van der Waals surface area contributed by atoms with Crippen molar-refractivity contribution in [2.45, 2.75) is 45.4 Å². The molecular formula is C18H21NO4. The Balaban J connectivity index is 1.85. The van der Waals surface area contributed by atoms with Crippen LogP contribution in [0.15, 0.2) is 47.0 Å². The van der Waals surface area contributed by atoms with Gasteiger partial charge in [-0.2, -0.15) is 0 Å². The van der Waals surface area contributed by atoms with Gasteiger partial charge in [0.2, 0.25) is 0 Å². The van der Waals surface area contributed by atoms with Crippen LogP contribution < -0.4 is 0 Å². The predicted molar refractivity (Wildman–Crippen MR) is 87.1 cm³/mol. The second kappa shape index (κ2) is 7.22. The molecule has 1 aromatic carbocycles.